The molecule has 0 amide bonds. The van der Waals surface area contributed by atoms with E-state index in [9.17, 15) is 9.59 Å². The average molecular weight is 489 g/mol. The van der Waals surface area contributed by atoms with Gasteiger partial charge in [0.25, 0.3) is 0 Å². The van der Waals surface area contributed by atoms with Crippen molar-refractivity contribution in [1.29, 1.82) is 0 Å². The largest absolute Gasteiger partial charge is 0.481 e. The van der Waals surface area contributed by atoms with Gasteiger partial charge in [-0.25, -0.2) is 0 Å². The molecule has 0 aliphatic heterocycles. The lowest BCUT2D eigenvalue weighted by atomic mass is 10.1. The highest BCUT2D eigenvalue weighted by atomic mass is 79.9. The molecule has 0 saturated carbocycles. The molecule has 0 atom stereocenters. The van der Waals surface area contributed by atoms with Crippen LogP contribution in [-0.4, -0.2) is 22.2 Å². The third-order valence-corrected chi connectivity index (χ3v) is 4.43. The number of carboxylic acids is 2. The van der Waals surface area contributed by atoms with Crippen LogP contribution in [0.5, 0.6) is 0 Å². The van der Waals surface area contributed by atoms with E-state index in [1.54, 1.807) is 0 Å². The number of carbonyl (C=O) groups is 2. The van der Waals surface area contributed by atoms with Crippen LogP contribution in [0, 0.1) is 0 Å². The first-order valence-electron chi connectivity index (χ1n) is 10.4. The number of benzene rings is 2. The van der Waals surface area contributed by atoms with Gasteiger partial charge in [-0.3, -0.25) is 9.59 Å². The Morgan fingerprint density at radius 3 is 1.68 bits per heavy atom. The lowest BCUT2D eigenvalue weighted by Crippen LogP contribution is -1.92. The minimum atomic E-state index is -0.709. The van der Waals surface area contributed by atoms with Gasteiger partial charge in [0.15, 0.2) is 0 Å². The van der Waals surface area contributed by atoms with Gasteiger partial charge >= 0.3 is 11.9 Å². The van der Waals surface area contributed by atoms with Gasteiger partial charge in [-0.15, -0.1) is 6.58 Å². The summed E-state index contributed by atoms with van der Waals surface area (Å²) in [7, 11) is 0. The lowest BCUT2D eigenvalue weighted by Gasteiger charge is -1.94. The molecule has 5 heteroatoms. The molecule has 0 bridgehead atoms. The molecule has 0 radical (unpaired) electrons. The topological polar surface area (TPSA) is 74.6 Å². The SMILES string of the molecule is Brc1ccccc1.C=CCCCCC(=O)O.O=C(O)CCCC/C=C/c1ccccc1. The molecule has 4 nitrogen and oxygen atoms in total. The van der Waals surface area contributed by atoms with Gasteiger partial charge in [0.2, 0.25) is 0 Å². The molecule has 2 rings (SSSR count). The van der Waals surface area contributed by atoms with Crippen LogP contribution in [0.3, 0.4) is 0 Å². The van der Waals surface area contributed by atoms with E-state index in [2.05, 4.69) is 34.7 Å². The fraction of sp³-hybridized carbons (Fsp3) is 0.308. The first-order valence-corrected chi connectivity index (χ1v) is 11.2. The van der Waals surface area contributed by atoms with Crippen LogP contribution in [-0.2, 0) is 9.59 Å². The standard InChI is InChI=1S/C13H16O2.C7H12O2.C6H5Br/c14-13(15)11-7-2-1-4-8-12-9-5-3-6-10-12;1-2-3-4-5-6-7(8)9;7-6-4-2-1-3-5-6/h3-6,8-10H,1-2,7,11H2,(H,14,15);2H,1,3-6H2,(H,8,9);1-5H/b8-4+;;. The Morgan fingerprint density at radius 2 is 1.26 bits per heavy atom. The van der Waals surface area contributed by atoms with Gasteiger partial charge in [-0.05, 0) is 56.2 Å². The molecular weight excluding hydrogens is 456 g/mol. The Balaban J connectivity index is 0.000000478. The molecule has 168 valence electrons. The Bertz CT molecular complexity index is 743. The monoisotopic (exact) mass is 488 g/mol. The molecule has 2 N–H and O–H groups in total. The fourth-order valence-corrected chi connectivity index (χ4v) is 2.61. The van der Waals surface area contributed by atoms with E-state index >= 15 is 0 Å². The summed E-state index contributed by atoms with van der Waals surface area (Å²) in [5.74, 6) is -1.42. The Kier molecular flexibility index (Phi) is 18.8. The maximum atomic E-state index is 10.2. The van der Waals surface area contributed by atoms with Gasteiger partial charge in [0.1, 0.15) is 0 Å². The van der Waals surface area contributed by atoms with E-state index in [0.717, 1.165) is 43.0 Å². The maximum Gasteiger partial charge on any atom is 0.303 e. The third-order valence-electron chi connectivity index (χ3n) is 3.90. The first kappa shape index (κ1) is 28.3. The molecule has 0 aliphatic carbocycles. The summed E-state index contributed by atoms with van der Waals surface area (Å²) in [5.41, 5.74) is 1.19. The lowest BCUT2D eigenvalue weighted by molar-refractivity contribution is -0.138. The van der Waals surface area contributed by atoms with Crippen LogP contribution in [0.4, 0.5) is 0 Å². The van der Waals surface area contributed by atoms with Gasteiger partial charge in [-0.2, -0.15) is 0 Å². The second-order valence-electron chi connectivity index (χ2n) is 6.68. The fourth-order valence-electron chi connectivity index (χ4n) is 2.30. The number of hydrogen-bond acceptors (Lipinski definition) is 2. The second kappa shape index (κ2) is 20.6. The van der Waals surface area contributed by atoms with Crippen molar-refractivity contribution in [3.8, 4) is 0 Å². The van der Waals surface area contributed by atoms with E-state index < -0.39 is 11.9 Å². The Hall–Kier alpha value is -2.66. The number of carboxylic acid groups (broad SMARTS) is 2. The van der Waals surface area contributed by atoms with Gasteiger partial charge in [0.05, 0.1) is 0 Å². The molecule has 0 heterocycles. The van der Waals surface area contributed by atoms with Crippen molar-refractivity contribution >= 4 is 33.9 Å². The normalized spacial score (nSPS) is 9.71. The Labute approximate surface area is 194 Å². The van der Waals surface area contributed by atoms with E-state index in [1.165, 1.54) is 5.56 Å². The summed E-state index contributed by atoms with van der Waals surface area (Å²) in [6.45, 7) is 3.53. The van der Waals surface area contributed by atoms with Gasteiger partial charge in [-0.1, -0.05) is 82.7 Å². The van der Waals surface area contributed by atoms with Crippen LogP contribution >= 0.6 is 15.9 Å². The minimum Gasteiger partial charge on any atom is -0.481 e. The van der Waals surface area contributed by atoms with Crippen LogP contribution in [0.15, 0.2) is 83.9 Å². The average Bonchev–Trinajstić information content (AvgIpc) is 2.76. The van der Waals surface area contributed by atoms with E-state index in [0.29, 0.717) is 0 Å². The highest BCUT2D eigenvalue weighted by Crippen LogP contribution is 2.06. The third kappa shape index (κ3) is 21.9. The summed E-state index contributed by atoms with van der Waals surface area (Å²) in [6, 6.07) is 20.1. The number of hydrogen-bond donors (Lipinski definition) is 2. The molecule has 0 spiro atoms. The number of rotatable bonds is 11. The van der Waals surface area contributed by atoms with Gasteiger partial charge in [0, 0.05) is 17.3 Å². The molecule has 0 unspecified atom stereocenters. The van der Waals surface area contributed by atoms with E-state index in [4.69, 9.17) is 10.2 Å². The molecule has 31 heavy (non-hydrogen) atoms. The summed E-state index contributed by atoms with van der Waals surface area (Å²) in [4.78, 5) is 20.2. The molecule has 0 aliphatic rings. The molecule has 0 aromatic heterocycles. The van der Waals surface area contributed by atoms with Crippen molar-refractivity contribution < 1.29 is 19.8 Å². The summed E-state index contributed by atoms with van der Waals surface area (Å²) < 4.78 is 1.13. The molecule has 0 saturated heterocycles. The summed E-state index contributed by atoms with van der Waals surface area (Å²) in [5, 5.41) is 16.6. The number of halogens is 1. The first-order chi connectivity index (χ1) is 15.0. The van der Waals surface area contributed by atoms with Crippen LogP contribution < -0.4 is 0 Å². The van der Waals surface area contributed by atoms with E-state index in [1.807, 2.05) is 66.7 Å². The molecular formula is C26H33BrO4. The quantitative estimate of drug-likeness (QED) is 0.252. The zero-order valence-electron chi connectivity index (χ0n) is 18.0. The zero-order chi connectivity index (χ0) is 23.2. The molecule has 0 fully saturated rings. The number of aliphatic carboxylic acids is 2. The summed E-state index contributed by atoms with van der Waals surface area (Å²) in [6.07, 6.45) is 11.8. The van der Waals surface area contributed by atoms with Crippen molar-refractivity contribution in [2.45, 2.75) is 51.4 Å². The van der Waals surface area contributed by atoms with Crippen molar-refractivity contribution in [1.82, 2.24) is 0 Å². The van der Waals surface area contributed by atoms with Gasteiger partial charge < -0.3 is 10.2 Å². The zero-order valence-corrected chi connectivity index (χ0v) is 19.5. The van der Waals surface area contributed by atoms with Crippen LogP contribution in [0.25, 0.3) is 6.08 Å². The van der Waals surface area contributed by atoms with Crippen LogP contribution in [0.2, 0.25) is 0 Å². The van der Waals surface area contributed by atoms with Crippen LogP contribution in [0.1, 0.15) is 56.9 Å². The number of allylic oxidation sites excluding steroid dienone is 2. The molecule has 2 aromatic rings. The van der Waals surface area contributed by atoms with Crippen molar-refractivity contribution in [2.24, 2.45) is 0 Å². The van der Waals surface area contributed by atoms with Crippen molar-refractivity contribution in [2.75, 3.05) is 0 Å². The number of unbranched alkanes of at least 4 members (excludes halogenated alkanes) is 4. The second-order valence-corrected chi connectivity index (χ2v) is 7.59. The molecule has 2 aromatic carbocycles. The Morgan fingerprint density at radius 1 is 0.774 bits per heavy atom. The highest BCUT2D eigenvalue weighted by molar-refractivity contribution is 9.10. The highest BCUT2D eigenvalue weighted by Gasteiger charge is 1.94. The van der Waals surface area contributed by atoms with Crippen molar-refractivity contribution in [3.05, 3.63) is 89.4 Å². The summed E-state index contributed by atoms with van der Waals surface area (Å²) >= 11 is 3.31. The maximum absolute atomic E-state index is 10.2. The smallest absolute Gasteiger partial charge is 0.303 e. The van der Waals surface area contributed by atoms with E-state index in [-0.39, 0.29) is 12.8 Å². The predicted octanol–water partition coefficient (Wildman–Crippen LogP) is 7.61. The predicted molar refractivity (Wildman–Crippen MR) is 132 cm³/mol. The van der Waals surface area contributed by atoms with Crippen molar-refractivity contribution in [3.63, 3.8) is 0 Å². The minimum absolute atomic E-state index is 0.277.